The molecule has 3 aromatic rings. The van der Waals surface area contributed by atoms with Crippen LogP contribution in [-0.4, -0.2) is 46.4 Å². The Kier molecular flexibility index (Phi) is 8.24. The van der Waals surface area contributed by atoms with Gasteiger partial charge in [-0.2, -0.15) is 5.26 Å². The maximum atomic E-state index is 13.3. The first-order chi connectivity index (χ1) is 16.7. The number of carbonyl (C=O) groups excluding carboxylic acids is 2. The summed E-state index contributed by atoms with van der Waals surface area (Å²) in [6, 6.07) is 19.8. The third-order valence-corrected chi connectivity index (χ3v) is 6.05. The third-order valence-electron chi connectivity index (χ3n) is 5.72. The highest BCUT2D eigenvalue weighted by Crippen LogP contribution is 2.29. The van der Waals surface area contributed by atoms with Crippen LogP contribution in [-0.2, 0) is 0 Å². The van der Waals surface area contributed by atoms with Crippen LogP contribution in [0.1, 0.15) is 45.5 Å². The number of aromatic carboxylic acids is 1. The fourth-order valence-corrected chi connectivity index (χ4v) is 3.83. The van der Waals surface area contributed by atoms with Gasteiger partial charge in [0.1, 0.15) is 0 Å². The van der Waals surface area contributed by atoms with Gasteiger partial charge in [-0.05, 0) is 53.8 Å². The summed E-state index contributed by atoms with van der Waals surface area (Å²) in [5.41, 5.74) is 2.57. The van der Waals surface area contributed by atoms with Gasteiger partial charge in [0.25, 0.3) is 5.91 Å². The highest BCUT2D eigenvalue weighted by atomic mass is 35.5. The van der Waals surface area contributed by atoms with E-state index in [9.17, 15) is 24.8 Å². The molecule has 0 bridgehead atoms. The summed E-state index contributed by atoms with van der Waals surface area (Å²) in [4.78, 5) is 39.3. The van der Waals surface area contributed by atoms with E-state index >= 15 is 0 Å². The van der Waals surface area contributed by atoms with Crippen LogP contribution in [0.25, 0.3) is 11.1 Å². The van der Waals surface area contributed by atoms with Crippen LogP contribution in [0.15, 0.2) is 72.8 Å². The molecule has 1 N–H and O–H groups in total. The summed E-state index contributed by atoms with van der Waals surface area (Å²) in [6.07, 6.45) is 2.27. The third kappa shape index (κ3) is 6.05. The molecule has 0 saturated carbocycles. The van der Waals surface area contributed by atoms with Gasteiger partial charge >= 0.3 is 12.0 Å². The summed E-state index contributed by atoms with van der Waals surface area (Å²) in [5, 5.41) is 18.8. The summed E-state index contributed by atoms with van der Waals surface area (Å²) < 4.78 is 0. The molecule has 0 radical (unpaired) electrons. The molecule has 0 heterocycles. The van der Waals surface area contributed by atoms with Crippen LogP contribution in [0.2, 0.25) is 5.02 Å². The number of benzene rings is 3. The van der Waals surface area contributed by atoms with Crippen LogP contribution in [0.5, 0.6) is 0 Å². The van der Waals surface area contributed by atoms with Gasteiger partial charge in [-0.3, -0.25) is 9.69 Å². The van der Waals surface area contributed by atoms with E-state index in [1.54, 1.807) is 30.5 Å². The van der Waals surface area contributed by atoms with Gasteiger partial charge in [-0.1, -0.05) is 61.0 Å². The molecule has 3 aromatic carbocycles. The molecular formula is C27H24ClN3O4. The monoisotopic (exact) mass is 489 g/mol. The van der Waals surface area contributed by atoms with Crippen molar-refractivity contribution in [1.82, 2.24) is 9.80 Å². The van der Waals surface area contributed by atoms with Crippen molar-refractivity contribution in [2.75, 3.05) is 13.6 Å². The first-order valence-electron chi connectivity index (χ1n) is 10.9. The second-order valence-electron chi connectivity index (χ2n) is 8.08. The van der Waals surface area contributed by atoms with E-state index in [0.717, 1.165) is 15.4 Å². The summed E-state index contributed by atoms with van der Waals surface area (Å²) in [6.45, 7) is 2.15. The Morgan fingerprint density at radius 2 is 1.63 bits per heavy atom. The Morgan fingerprint density at radius 1 is 1.00 bits per heavy atom. The Hall–Kier alpha value is -4.15. The Labute approximate surface area is 208 Å². The average molecular weight is 490 g/mol. The first kappa shape index (κ1) is 25.5. The van der Waals surface area contributed by atoms with E-state index in [1.165, 1.54) is 25.2 Å². The number of urea groups is 1. The fraction of sp³-hybridized carbons (Fsp3) is 0.185. The standard InChI is InChI=1S/C27H24ClN3O4/c1-18(19-6-4-3-5-7-19)14-15-31(27(35)30(2)17-29)25(32)21-10-8-20(9-11-21)23-16-22(26(33)34)12-13-24(23)28/h3-13,16,18H,14-15H2,1-2H3,(H,33,34)/t18-/m0/s1. The zero-order valence-corrected chi connectivity index (χ0v) is 20.1. The molecule has 0 spiro atoms. The lowest BCUT2D eigenvalue weighted by Gasteiger charge is -2.24. The SMILES string of the molecule is C[C@@H](CCN(C(=O)c1ccc(-c2cc(C(=O)O)ccc2Cl)cc1)C(=O)N(C)C#N)c1ccccc1. The molecule has 0 fully saturated rings. The quantitative estimate of drug-likeness (QED) is 0.330. The Balaban J connectivity index is 1.84. The minimum absolute atomic E-state index is 0.0911. The van der Waals surface area contributed by atoms with Gasteiger partial charge in [-0.25, -0.2) is 14.5 Å². The van der Waals surface area contributed by atoms with Gasteiger partial charge in [0.15, 0.2) is 6.19 Å². The molecule has 35 heavy (non-hydrogen) atoms. The first-order valence-corrected chi connectivity index (χ1v) is 11.3. The average Bonchev–Trinajstić information content (AvgIpc) is 2.88. The molecule has 0 aliphatic rings. The second kappa shape index (κ2) is 11.3. The van der Waals surface area contributed by atoms with E-state index in [1.807, 2.05) is 37.3 Å². The van der Waals surface area contributed by atoms with Crippen molar-refractivity contribution in [3.63, 3.8) is 0 Å². The number of hydrogen-bond donors (Lipinski definition) is 1. The minimum Gasteiger partial charge on any atom is -0.478 e. The normalized spacial score (nSPS) is 11.3. The number of nitrogens with zero attached hydrogens (tertiary/aromatic N) is 3. The van der Waals surface area contributed by atoms with Crippen molar-refractivity contribution in [3.8, 4) is 17.3 Å². The van der Waals surface area contributed by atoms with Crippen molar-refractivity contribution >= 4 is 29.5 Å². The molecule has 0 unspecified atom stereocenters. The molecule has 8 heteroatoms. The summed E-state index contributed by atoms with van der Waals surface area (Å²) >= 11 is 6.25. The maximum absolute atomic E-state index is 13.3. The zero-order chi connectivity index (χ0) is 25.5. The summed E-state index contributed by atoms with van der Waals surface area (Å²) in [7, 11) is 1.31. The molecule has 0 saturated heterocycles. The molecule has 7 nitrogen and oxygen atoms in total. The van der Waals surface area contributed by atoms with E-state index in [4.69, 9.17) is 11.6 Å². The van der Waals surface area contributed by atoms with Crippen molar-refractivity contribution < 1.29 is 19.5 Å². The number of hydrogen-bond acceptors (Lipinski definition) is 4. The van der Waals surface area contributed by atoms with Crippen molar-refractivity contribution in [1.29, 1.82) is 5.26 Å². The van der Waals surface area contributed by atoms with E-state index in [0.29, 0.717) is 22.6 Å². The molecule has 3 amide bonds. The van der Waals surface area contributed by atoms with Gasteiger partial charge in [-0.15, -0.1) is 0 Å². The van der Waals surface area contributed by atoms with Crippen LogP contribution < -0.4 is 0 Å². The molecule has 1 atom stereocenters. The molecule has 0 aromatic heterocycles. The molecule has 0 aliphatic carbocycles. The lowest BCUT2D eigenvalue weighted by atomic mass is 9.97. The highest BCUT2D eigenvalue weighted by molar-refractivity contribution is 6.33. The number of carboxylic acids is 1. The largest absolute Gasteiger partial charge is 0.478 e. The van der Waals surface area contributed by atoms with Crippen molar-refractivity contribution in [2.24, 2.45) is 0 Å². The molecule has 0 aliphatic heterocycles. The smallest absolute Gasteiger partial charge is 0.339 e. The van der Waals surface area contributed by atoms with Gasteiger partial charge in [0.2, 0.25) is 0 Å². The van der Waals surface area contributed by atoms with E-state index < -0.39 is 17.9 Å². The fourth-order valence-electron chi connectivity index (χ4n) is 3.61. The number of carbonyl (C=O) groups is 3. The predicted octanol–water partition coefficient (Wildman–Crippen LogP) is 5.87. The predicted molar refractivity (Wildman–Crippen MR) is 133 cm³/mol. The van der Waals surface area contributed by atoms with Crippen LogP contribution in [0.3, 0.4) is 0 Å². The van der Waals surface area contributed by atoms with Gasteiger partial charge in [0.05, 0.1) is 5.56 Å². The lowest BCUT2D eigenvalue weighted by Crippen LogP contribution is -2.43. The second-order valence-corrected chi connectivity index (χ2v) is 8.48. The number of rotatable bonds is 7. The van der Waals surface area contributed by atoms with Crippen LogP contribution in [0, 0.1) is 11.5 Å². The lowest BCUT2D eigenvalue weighted by molar-refractivity contribution is 0.0695. The van der Waals surface area contributed by atoms with Crippen molar-refractivity contribution in [2.45, 2.75) is 19.3 Å². The van der Waals surface area contributed by atoms with Gasteiger partial charge < -0.3 is 5.11 Å². The topological polar surface area (TPSA) is 102 Å². The highest BCUT2D eigenvalue weighted by Gasteiger charge is 2.26. The maximum Gasteiger partial charge on any atom is 0.339 e. The van der Waals surface area contributed by atoms with Crippen molar-refractivity contribution in [3.05, 3.63) is 94.5 Å². The summed E-state index contributed by atoms with van der Waals surface area (Å²) in [5.74, 6) is -1.51. The number of amides is 3. The molecule has 3 rings (SSSR count). The number of carboxylic acid groups (broad SMARTS) is 1. The molecular weight excluding hydrogens is 466 g/mol. The number of nitriles is 1. The minimum atomic E-state index is -1.07. The van der Waals surface area contributed by atoms with Crippen LogP contribution in [0.4, 0.5) is 4.79 Å². The Bertz CT molecular complexity index is 1270. The Morgan fingerprint density at radius 3 is 2.23 bits per heavy atom. The number of imide groups is 1. The van der Waals surface area contributed by atoms with E-state index in [2.05, 4.69) is 0 Å². The molecule has 178 valence electrons. The zero-order valence-electron chi connectivity index (χ0n) is 19.3. The van der Waals surface area contributed by atoms with Gasteiger partial charge in [0, 0.05) is 29.7 Å². The van der Waals surface area contributed by atoms with E-state index in [-0.39, 0.29) is 23.6 Å². The number of halogens is 1. The van der Waals surface area contributed by atoms with Crippen LogP contribution >= 0.6 is 11.6 Å².